The molecular weight excluding hydrogens is 249 g/mol. The van der Waals surface area contributed by atoms with Gasteiger partial charge in [-0.15, -0.1) is 0 Å². The van der Waals surface area contributed by atoms with E-state index in [1.54, 1.807) is 0 Å². The number of β-lactam (4-membered cyclic amide) rings is 1. The maximum atomic E-state index is 13.1. The third-order valence-corrected chi connectivity index (χ3v) is 3.19. The third kappa shape index (κ3) is 3.30. The minimum absolute atomic E-state index is 0.0114. The van der Waals surface area contributed by atoms with E-state index in [1.807, 2.05) is 30.3 Å². The van der Waals surface area contributed by atoms with Gasteiger partial charge in [-0.2, -0.15) is 0 Å². The third-order valence-electron chi connectivity index (χ3n) is 3.19. The first-order valence-corrected chi connectivity index (χ1v) is 6.22. The molecule has 1 amide bonds. The quantitative estimate of drug-likeness (QED) is 0.650. The largest absolute Gasteiger partial charge is 0.461 e. The summed E-state index contributed by atoms with van der Waals surface area (Å²) in [4.78, 5) is 22.7. The van der Waals surface area contributed by atoms with Crippen molar-refractivity contribution in [3.05, 3.63) is 35.9 Å². The summed E-state index contributed by atoms with van der Waals surface area (Å²) in [6, 6.07) is 8.85. The standard InChI is InChI=1S/C14H16FNO3/c1-9(15)13-11(16-14(13)18)7-12(17)19-8-10-5-3-2-4-6-10/h2-6,9,11,13H,7-8H2,1H3,(H,16,18). The minimum atomic E-state index is -1.25. The molecule has 4 nitrogen and oxygen atoms in total. The normalized spacial score (nSPS) is 23.2. The Labute approximate surface area is 110 Å². The Balaban J connectivity index is 1.78. The summed E-state index contributed by atoms with van der Waals surface area (Å²) in [5, 5.41) is 2.52. The van der Waals surface area contributed by atoms with Gasteiger partial charge in [-0.1, -0.05) is 30.3 Å². The monoisotopic (exact) mass is 265 g/mol. The van der Waals surface area contributed by atoms with Gasteiger partial charge >= 0.3 is 5.97 Å². The first-order valence-electron chi connectivity index (χ1n) is 6.22. The number of hydrogen-bond donors (Lipinski definition) is 1. The van der Waals surface area contributed by atoms with Crippen LogP contribution in [-0.2, 0) is 20.9 Å². The van der Waals surface area contributed by atoms with E-state index >= 15 is 0 Å². The van der Waals surface area contributed by atoms with Gasteiger partial charge in [-0.05, 0) is 12.5 Å². The fraction of sp³-hybridized carbons (Fsp3) is 0.429. The van der Waals surface area contributed by atoms with E-state index in [-0.39, 0.29) is 18.9 Å². The summed E-state index contributed by atoms with van der Waals surface area (Å²) in [7, 11) is 0. The van der Waals surface area contributed by atoms with Crippen molar-refractivity contribution in [2.45, 2.75) is 32.2 Å². The van der Waals surface area contributed by atoms with Gasteiger partial charge in [0, 0.05) is 0 Å². The molecule has 19 heavy (non-hydrogen) atoms. The Kier molecular flexibility index (Phi) is 4.14. The molecule has 0 bridgehead atoms. The van der Waals surface area contributed by atoms with Gasteiger partial charge in [0.15, 0.2) is 0 Å². The Morgan fingerprint density at radius 3 is 2.68 bits per heavy atom. The van der Waals surface area contributed by atoms with Crippen LogP contribution in [0.1, 0.15) is 18.9 Å². The molecule has 1 aliphatic rings. The van der Waals surface area contributed by atoms with Crippen molar-refractivity contribution in [3.63, 3.8) is 0 Å². The summed E-state index contributed by atoms with van der Waals surface area (Å²) in [5.41, 5.74) is 0.893. The second kappa shape index (κ2) is 5.82. The van der Waals surface area contributed by atoms with Crippen LogP contribution in [0.15, 0.2) is 30.3 Å². The molecule has 0 saturated carbocycles. The van der Waals surface area contributed by atoms with Crippen molar-refractivity contribution in [2.24, 2.45) is 5.92 Å². The molecule has 1 saturated heterocycles. The summed E-state index contributed by atoms with van der Waals surface area (Å²) in [5.74, 6) is -1.50. The molecule has 1 aliphatic heterocycles. The number of halogens is 1. The highest BCUT2D eigenvalue weighted by molar-refractivity contribution is 5.88. The lowest BCUT2D eigenvalue weighted by atomic mass is 9.85. The highest BCUT2D eigenvalue weighted by Gasteiger charge is 2.44. The topological polar surface area (TPSA) is 55.4 Å². The van der Waals surface area contributed by atoms with E-state index < -0.39 is 24.1 Å². The van der Waals surface area contributed by atoms with Crippen molar-refractivity contribution >= 4 is 11.9 Å². The number of ether oxygens (including phenoxy) is 1. The van der Waals surface area contributed by atoms with Crippen molar-refractivity contribution in [1.82, 2.24) is 5.32 Å². The molecule has 1 aromatic rings. The highest BCUT2D eigenvalue weighted by Crippen LogP contribution is 2.24. The molecule has 2 rings (SSSR count). The Bertz CT molecular complexity index is 461. The summed E-state index contributed by atoms with van der Waals surface area (Å²) in [6.07, 6.45) is -1.24. The van der Waals surface area contributed by atoms with Crippen LogP contribution in [0.3, 0.4) is 0 Å². The number of amides is 1. The van der Waals surface area contributed by atoms with E-state index in [4.69, 9.17) is 4.74 Å². The number of alkyl halides is 1. The number of hydrogen-bond acceptors (Lipinski definition) is 3. The summed E-state index contributed by atoms with van der Waals surface area (Å²) >= 11 is 0. The molecule has 0 aliphatic carbocycles. The zero-order valence-electron chi connectivity index (χ0n) is 10.6. The molecule has 5 heteroatoms. The summed E-state index contributed by atoms with van der Waals surface area (Å²) < 4.78 is 18.2. The lowest BCUT2D eigenvalue weighted by molar-refractivity contribution is -0.149. The van der Waals surface area contributed by atoms with Crippen LogP contribution < -0.4 is 5.32 Å². The number of rotatable bonds is 5. The Morgan fingerprint density at radius 2 is 2.11 bits per heavy atom. The highest BCUT2D eigenvalue weighted by atomic mass is 19.1. The first kappa shape index (κ1) is 13.5. The van der Waals surface area contributed by atoms with Crippen molar-refractivity contribution in [1.29, 1.82) is 0 Å². The van der Waals surface area contributed by atoms with E-state index in [2.05, 4.69) is 5.32 Å². The Hall–Kier alpha value is -1.91. The van der Waals surface area contributed by atoms with Gasteiger partial charge in [-0.3, -0.25) is 9.59 Å². The number of nitrogens with one attached hydrogen (secondary N) is 1. The molecule has 1 fully saturated rings. The number of carbonyl (C=O) groups excluding carboxylic acids is 2. The SMILES string of the molecule is CC(F)C1C(=O)NC1CC(=O)OCc1ccccc1. The Morgan fingerprint density at radius 1 is 1.42 bits per heavy atom. The molecule has 1 N–H and O–H groups in total. The maximum absolute atomic E-state index is 13.1. The zero-order chi connectivity index (χ0) is 13.8. The predicted molar refractivity (Wildman–Crippen MR) is 66.8 cm³/mol. The van der Waals surface area contributed by atoms with Gasteiger partial charge in [0.25, 0.3) is 0 Å². The molecule has 1 heterocycles. The lowest BCUT2D eigenvalue weighted by Gasteiger charge is -2.36. The van der Waals surface area contributed by atoms with E-state index in [0.29, 0.717) is 0 Å². The van der Waals surface area contributed by atoms with Crippen LogP contribution in [0.2, 0.25) is 0 Å². The van der Waals surface area contributed by atoms with Crippen LogP contribution in [0.25, 0.3) is 0 Å². The van der Waals surface area contributed by atoms with E-state index in [0.717, 1.165) is 5.56 Å². The van der Waals surface area contributed by atoms with Crippen LogP contribution in [0, 0.1) is 5.92 Å². The molecule has 3 unspecified atom stereocenters. The van der Waals surface area contributed by atoms with Crippen LogP contribution >= 0.6 is 0 Å². The number of benzene rings is 1. The first-order chi connectivity index (χ1) is 9.08. The molecule has 0 radical (unpaired) electrons. The fourth-order valence-corrected chi connectivity index (χ4v) is 2.14. The van der Waals surface area contributed by atoms with Gasteiger partial charge < -0.3 is 10.1 Å². The summed E-state index contributed by atoms with van der Waals surface area (Å²) in [6.45, 7) is 1.52. The average molecular weight is 265 g/mol. The second-order valence-corrected chi connectivity index (χ2v) is 4.67. The number of esters is 1. The van der Waals surface area contributed by atoms with Crippen molar-refractivity contribution in [2.75, 3.05) is 0 Å². The molecule has 1 aromatic carbocycles. The lowest BCUT2D eigenvalue weighted by Crippen LogP contribution is -2.61. The minimum Gasteiger partial charge on any atom is -0.461 e. The molecule has 0 spiro atoms. The van der Waals surface area contributed by atoms with Gasteiger partial charge in [-0.25, -0.2) is 4.39 Å². The van der Waals surface area contributed by atoms with Gasteiger partial charge in [0.1, 0.15) is 12.8 Å². The smallest absolute Gasteiger partial charge is 0.308 e. The molecule has 0 aromatic heterocycles. The van der Waals surface area contributed by atoms with Crippen LogP contribution in [-0.4, -0.2) is 24.1 Å². The van der Waals surface area contributed by atoms with Crippen LogP contribution in [0.5, 0.6) is 0 Å². The molecular formula is C14H16FNO3. The molecule has 3 atom stereocenters. The number of carbonyl (C=O) groups is 2. The average Bonchev–Trinajstić information content (AvgIpc) is 2.36. The van der Waals surface area contributed by atoms with Gasteiger partial charge in [0.2, 0.25) is 5.91 Å². The van der Waals surface area contributed by atoms with E-state index in [1.165, 1.54) is 6.92 Å². The fourth-order valence-electron chi connectivity index (χ4n) is 2.14. The van der Waals surface area contributed by atoms with Crippen molar-refractivity contribution < 1.29 is 18.7 Å². The van der Waals surface area contributed by atoms with Crippen LogP contribution in [0.4, 0.5) is 4.39 Å². The predicted octanol–water partition coefficient (Wildman–Crippen LogP) is 1.59. The van der Waals surface area contributed by atoms with Crippen molar-refractivity contribution in [3.8, 4) is 0 Å². The van der Waals surface area contributed by atoms with E-state index in [9.17, 15) is 14.0 Å². The van der Waals surface area contributed by atoms with Gasteiger partial charge in [0.05, 0.1) is 18.4 Å². The maximum Gasteiger partial charge on any atom is 0.308 e. The second-order valence-electron chi connectivity index (χ2n) is 4.67. The zero-order valence-corrected chi connectivity index (χ0v) is 10.6. The molecule has 102 valence electrons.